The predicted octanol–water partition coefficient (Wildman–Crippen LogP) is 2.36. The van der Waals surface area contributed by atoms with Crippen molar-refractivity contribution < 1.29 is 14.0 Å². The Kier molecular flexibility index (Phi) is 2.58. The first kappa shape index (κ1) is 9.58. The molecule has 1 heterocycles. The van der Waals surface area contributed by atoms with Crippen molar-refractivity contribution in [3.8, 4) is 22.8 Å². The molecular formula is C11H11NO3. The molecule has 0 fully saturated rings. The van der Waals surface area contributed by atoms with Gasteiger partial charge in [0.15, 0.2) is 5.76 Å². The lowest BCUT2D eigenvalue weighted by molar-refractivity contribution is 0.391. The van der Waals surface area contributed by atoms with E-state index in [2.05, 4.69) is 5.16 Å². The number of ether oxygens (including phenoxy) is 2. The first-order valence-electron chi connectivity index (χ1n) is 4.48. The van der Waals surface area contributed by atoms with Crippen LogP contribution in [0.4, 0.5) is 0 Å². The third-order valence-electron chi connectivity index (χ3n) is 2.11. The summed E-state index contributed by atoms with van der Waals surface area (Å²) >= 11 is 0. The Balaban J connectivity index is 2.48. The van der Waals surface area contributed by atoms with Crippen molar-refractivity contribution in [3.63, 3.8) is 0 Å². The summed E-state index contributed by atoms with van der Waals surface area (Å²) in [5.41, 5.74) is 0.857. The first-order chi connectivity index (χ1) is 7.35. The Morgan fingerprint density at radius 3 is 2.60 bits per heavy atom. The molecule has 0 saturated carbocycles. The molecule has 0 aliphatic heterocycles. The van der Waals surface area contributed by atoms with Crippen LogP contribution in [0, 0.1) is 0 Å². The fourth-order valence-corrected chi connectivity index (χ4v) is 1.36. The molecule has 0 N–H and O–H groups in total. The minimum Gasteiger partial charge on any atom is -0.497 e. The summed E-state index contributed by atoms with van der Waals surface area (Å²) in [7, 11) is 3.22. The van der Waals surface area contributed by atoms with Crippen LogP contribution in [0.2, 0.25) is 0 Å². The van der Waals surface area contributed by atoms with Crippen molar-refractivity contribution in [2.24, 2.45) is 0 Å². The number of aromatic nitrogens is 1. The molecule has 1 aromatic carbocycles. The Morgan fingerprint density at radius 2 is 2.00 bits per heavy atom. The quantitative estimate of drug-likeness (QED) is 0.771. The monoisotopic (exact) mass is 205 g/mol. The second-order valence-corrected chi connectivity index (χ2v) is 2.94. The maximum atomic E-state index is 5.24. The van der Waals surface area contributed by atoms with Gasteiger partial charge < -0.3 is 14.0 Å². The van der Waals surface area contributed by atoms with E-state index in [-0.39, 0.29) is 0 Å². The van der Waals surface area contributed by atoms with E-state index in [0.29, 0.717) is 11.5 Å². The van der Waals surface area contributed by atoms with Crippen LogP contribution < -0.4 is 9.47 Å². The van der Waals surface area contributed by atoms with Gasteiger partial charge in [0.2, 0.25) is 0 Å². The average Bonchev–Trinajstić information content (AvgIpc) is 2.81. The largest absolute Gasteiger partial charge is 0.497 e. The summed E-state index contributed by atoms with van der Waals surface area (Å²) in [5, 5.41) is 3.65. The maximum Gasteiger partial charge on any atom is 0.170 e. The molecule has 2 rings (SSSR count). The van der Waals surface area contributed by atoms with Gasteiger partial charge in [0, 0.05) is 12.1 Å². The zero-order chi connectivity index (χ0) is 10.7. The zero-order valence-electron chi connectivity index (χ0n) is 8.56. The van der Waals surface area contributed by atoms with Gasteiger partial charge in [0.05, 0.1) is 26.0 Å². The first-order valence-corrected chi connectivity index (χ1v) is 4.48. The Morgan fingerprint density at radius 1 is 1.13 bits per heavy atom. The number of nitrogens with zero attached hydrogens (tertiary/aromatic N) is 1. The Bertz CT molecular complexity index is 437. The van der Waals surface area contributed by atoms with Crippen molar-refractivity contribution in [2.75, 3.05) is 14.2 Å². The van der Waals surface area contributed by atoms with Crippen LogP contribution in [0.1, 0.15) is 0 Å². The molecule has 4 nitrogen and oxygen atoms in total. The van der Waals surface area contributed by atoms with Gasteiger partial charge in [-0.05, 0) is 12.1 Å². The van der Waals surface area contributed by atoms with E-state index in [4.69, 9.17) is 14.0 Å². The molecule has 0 aliphatic carbocycles. The number of hydrogen-bond acceptors (Lipinski definition) is 4. The zero-order valence-corrected chi connectivity index (χ0v) is 8.56. The third-order valence-corrected chi connectivity index (χ3v) is 2.11. The number of methoxy groups -OCH3 is 2. The molecule has 0 bridgehead atoms. The third kappa shape index (κ3) is 1.79. The minimum absolute atomic E-state index is 0.675. The molecule has 1 aromatic heterocycles. The highest BCUT2D eigenvalue weighted by molar-refractivity contribution is 5.66. The second kappa shape index (κ2) is 4.04. The van der Waals surface area contributed by atoms with Crippen molar-refractivity contribution in [1.29, 1.82) is 0 Å². The Labute approximate surface area is 87.4 Å². The fraction of sp³-hybridized carbons (Fsp3) is 0.182. The van der Waals surface area contributed by atoms with Crippen LogP contribution in [0.15, 0.2) is 35.0 Å². The molecule has 0 unspecified atom stereocenters. The molecule has 0 amide bonds. The van der Waals surface area contributed by atoms with E-state index in [9.17, 15) is 0 Å². The summed E-state index contributed by atoms with van der Waals surface area (Å²) in [4.78, 5) is 0. The lowest BCUT2D eigenvalue weighted by Crippen LogP contribution is -1.89. The number of hydrogen-bond donors (Lipinski definition) is 0. The van der Waals surface area contributed by atoms with Crippen molar-refractivity contribution >= 4 is 0 Å². The molecule has 2 aromatic rings. The highest BCUT2D eigenvalue weighted by Crippen LogP contribution is 2.32. The van der Waals surface area contributed by atoms with E-state index >= 15 is 0 Å². The van der Waals surface area contributed by atoms with Crippen LogP contribution in [-0.4, -0.2) is 19.4 Å². The van der Waals surface area contributed by atoms with Crippen LogP contribution in [0.5, 0.6) is 11.5 Å². The van der Waals surface area contributed by atoms with Gasteiger partial charge in [-0.15, -0.1) is 0 Å². The summed E-state index contributed by atoms with van der Waals surface area (Å²) in [6.45, 7) is 0. The van der Waals surface area contributed by atoms with E-state index in [1.165, 1.54) is 0 Å². The van der Waals surface area contributed by atoms with E-state index in [0.717, 1.165) is 11.3 Å². The number of rotatable bonds is 3. The van der Waals surface area contributed by atoms with E-state index in [1.807, 2.05) is 12.1 Å². The molecule has 0 aliphatic rings. The predicted molar refractivity (Wildman–Crippen MR) is 55.0 cm³/mol. The van der Waals surface area contributed by atoms with Crippen LogP contribution >= 0.6 is 0 Å². The van der Waals surface area contributed by atoms with Crippen molar-refractivity contribution in [3.05, 3.63) is 30.5 Å². The standard InChI is InChI=1S/C11H11NO3/c1-13-8-3-4-9(11(7-8)14-2)10-5-6-12-15-10/h3-7H,1-2H3. The average molecular weight is 205 g/mol. The van der Waals surface area contributed by atoms with Gasteiger partial charge in [-0.3, -0.25) is 0 Å². The van der Waals surface area contributed by atoms with Crippen LogP contribution in [0.3, 0.4) is 0 Å². The van der Waals surface area contributed by atoms with E-state index in [1.54, 1.807) is 32.5 Å². The van der Waals surface area contributed by atoms with Crippen molar-refractivity contribution in [2.45, 2.75) is 0 Å². The minimum atomic E-state index is 0.675. The number of benzene rings is 1. The highest BCUT2D eigenvalue weighted by Gasteiger charge is 2.09. The molecule has 0 radical (unpaired) electrons. The normalized spacial score (nSPS) is 10.0. The summed E-state index contributed by atoms with van der Waals surface area (Å²) < 4.78 is 15.4. The Hall–Kier alpha value is -1.97. The van der Waals surface area contributed by atoms with Crippen molar-refractivity contribution in [1.82, 2.24) is 5.16 Å². The molecule has 0 spiro atoms. The van der Waals surface area contributed by atoms with Crippen LogP contribution in [-0.2, 0) is 0 Å². The molecule has 4 heteroatoms. The molecule has 78 valence electrons. The maximum absolute atomic E-state index is 5.24. The lowest BCUT2D eigenvalue weighted by atomic mass is 10.1. The summed E-state index contributed by atoms with van der Waals surface area (Å²) in [6.07, 6.45) is 1.60. The fourth-order valence-electron chi connectivity index (χ4n) is 1.36. The molecular weight excluding hydrogens is 194 g/mol. The smallest absolute Gasteiger partial charge is 0.170 e. The lowest BCUT2D eigenvalue weighted by Gasteiger charge is -2.07. The highest BCUT2D eigenvalue weighted by atomic mass is 16.5. The molecule has 0 atom stereocenters. The second-order valence-electron chi connectivity index (χ2n) is 2.94. The molecule has 0 saturated heterocycles. The summed E-state index contributed by atoms with van der Waals surface area (Å²) in [6, 6.07) is 7.31. The molecule has 15 heavy (non-hydrogen) atoms. The SMILES string of the molecule is COc1ccc(-c2ccno2)c(OC)c1. The van der Waals surface area contributed by atoms with Gasteiger partial charge in [-0.25, -0.2) is 0 Å². The van der Waals surface area contributed by atoms with Gasteiger partial charge in [-0.1, -0.05) is 5.16 Å². The van der Waals surface area contributed by atoms with Crippen LogP contribution in [0.25, 0.3) is 11.3 Å². The van der Waals surface area contributed by atoms with Gasteiger partial charge in [0.1, 0.15) is 11.5 Å². The summed E-state index contributed by atoms with van der Waals surface area (Å²) in [5.74, 6) is 2.12. The van der Waals surface area contributed by atoms with Gasteiger partial charge in [-0.2, -0.15) is 0 Å². The van der Waals surface area contributed by atoms with Gasteiger partial charge >= 0.3 is 0 Å². The van der Waals surface area contributed by atoms with Gasteiger partial charge in [0.25, 0.3) is 0 Å². The topological polar surface area (TPSA) is 44.5 Å². The van der Waals surface area contributed by atoms with E-state index < -0.39 is 0 Å².